The molecule has 0 aliphatic carbocycles. The molecule has 0 rings (SSSR count). The van der Waals surface area contributed by atoms with E-state index >= 15 is 0 Å². The average Bonchev–Trinajstić information content (AvgIpc) is 2.10. The maximum absolute atomic E-state index is 9.88. The molecule has 0 aromatic rings. The van der Waals surface area contributed by atoms with Crippen molar-refractivity contribution in [2.24, 2.45) is 0 Å². The highest BCUT2D eigenvalue weighted by molar-refractivity contribution is 5.64. The fraction of sp³-hybridized carbons (Fsp3) is 0.545. The zero-order chi connectivity index (χ0) is 9.07. The largest absolute Gasteiger partial charge is 0.299 e. The van der Waals surface area contributed by atoms with Crippen molar-refractivity contribution in [1.82, 2.24) is 0 Å². The van der Waals surface area contributed by atoms with Crippen molar-refractivity contribution in [1.29, 1.82) is 0 Å². The van der Waals surface area contributed by atoms with Gasteiger partial charge in [0, 0.05) is 0 Å². The Bertz CT molecular complexity index is 145. The second-order valence-corrected chi connectivity index (χ2v) is 2.76. The van der Waals surface area contributed by atoms with Crippen LogP contribution in [-0.2, 0) is 4.79 Å². The Morgan fingerprint density at radius 2 is 1.67 bits per heavy atom. The molecule has 0 saturated heterocycles. The molecule has 68 valence electrons. The predicted octanol–water partition coefficient (Wildman–Crippen LogP) is 3.27. The Labute approximate surface area is 75.2 Å². The summed E-state index contributed by atoms with van der Waals surface area (Å²) in [4.78, 5) is 9.88. The van der Waals surface area contributed by atoms with Crippen LogP contribution in [0.1, 0.15) is 39.0 Å². The fourth-order valence-electron chi connectivity index (χ4n) is 0.908. The third-order valence-corrected chi connectivity index (χ3v) is 1.58. The Morgan fingerprint density at radius 1 is 1.00 bits per heavy atom. The summed E-state index contributed by atoms with van der Waals surface area (Å²) in [7, 11) is 0. The van der Waals surface area contributed by atoms with E-state index in [0.29, 0.717) is 0 Å². The van der Waals surface area contributed by atoms with E-state index < -0.39 is 0 Å². The molecule has 0 aliphatic rings. The molecular formula is C11H18O. The van der Waals surface area contributed by atoms with Crippen molar-refractivity contribution in [3.8, 4) is 0 Å². The lowest BCUT2D eigenvalue weighted by Crippen LogP contribution is -1.70. The predicted molar refractivity (Wildman–Crippen MR) is 53.1 cm³/mol. The molecule has 0 aromatic carbocycles. The van der Waals surface area contributed by atoms with Crippen LogP contribution in [0.2, 0.25) is 0 Å². The zero-order valence-corrected chi connectivity index (χ0v) is 7.83. The molecule has 0 unspecified atom stereocenters. The Morgan fingerprint density at radius 3 is 2.33 bits per heavy atom. The smallest absolute Gasteiger partial charge is 0.142 e. The topological polar surface area (TPSA) is 17.1 Å². The first-order valence-electron chi connectivity index (χ1n) is 4.67. The highest BCUT2D eigenvalue weighted by atomic mass is 16.1. The molecule has 0 fully saturated rings. The van der Waals surface area contributed by atoms with Gasteiger partial charge in [0.05, 0.1) is 0 Å². The number of allylic oxidation sites excluding steroid dienone is 4. The maximum atomic E-state index is 9.88. The van der Waals surface area contributed by atoms with Crippen LogP contribution in [0.15, 0.2) is 24.3 Å². The lowest BCUT2D eigenvalue weighted by atomic mass is 10.2. The van der Waals surface area contributed by atoms with Crippen molar-refractivity contribution in [3.63, 3.8) is 0 Å². The van der Waals surface area contributed by atoms with Gasteiger partial charge in [0.1, 0.15) is 6.29 Å². The monoisotopic (exact) mass is 166 g/mol. The molecule has 0 aromatic heterocycles. The fourth-order valence-corrected chi connectivity index (χ4v) is 0.908. The molecule has 0 amide bonds. The summed E-state index contributed by atoms with van der Waals surface area (Å²) in [5.74, 6) is 0. The second kappa shape index (κ2) is 10.2. The number of carbonyl (C=O) groups is 1. The van der Waals surface area contributed by atoms with E-state index in [-0.39, 0.29) is 0 Å². The minimum atomic E-state index is 0.826. The van der Waals surface area contributed by atoms with E-state index in [2.05, 4.69) is 19.1 Å². The van der Waals surface area contributed by atoms with Crippen molar-refractivity contribution in [3.05, 3.63) is 24.3 Å². The van der Waals surface area contributed by atoms with Crippen LogP contribution in [0, 0.1) is 0 Å². The van der Waals surface area contributed by atoms with E-state index in [4.69, 9.17) is 0 Å². The molecule has 0 aliphatic heterocycles. The summed E-state index contributed by atoms with van der Waals surface area (Å²) < 4.78 is 0. The van der Waals surface area contributed by atoms with Gasteiger partial charge in [0.15, 0.2) is 0 Å². The minimum absolute atomic E-state index is 0.826. The Balaban J connectivity index is 3.09. The van der Waals surface area contributed by atoms with Gasteiger partial charge in [-0.3, -0.25) is 4.79 Å². The van der Waals surface area contributed by atoms with Crippen molar-refractivity contribution >= 4 is 6.29 Å². The first-order chi connectivity index (χ1) is 5.91. The molecule has 0 N–H and O–H groups in total. The van der Waals surface area contributed by atoms with Gasteiger partial charge in [-0.15, -0.1) is 0 Å². The van der Waals surface area contributed by atoms with Crippen LogP contribution in [0.5, 0.6) is 0 Å². The summed E-state index contributed by atoms with van der Waals surface area (Å²) in [6.45, 7) is 2.18. The van der Waals surface area contributed by atoms with E-state index in [0.717, 1.165) is 25.5 Å². The lowest BCUT2D eigenvalue weighted by molar-refractivity contribution is -0.104. The zero-order valence-electron chi connectivity index (χ0n) is 7.83. The van der Waals surface area contributed by atoms with E-state index in [1.165, 1.54) is 12.8 Å². The van der Waals surface area contributed by atoms with Crippen LogP contribution in [0.25, 0.3) is 0 Å². The summed E-state index contributed by atoms with van der Waals surface area (Å²) >= 11 is 0. The number of unbranched alkanes of at least 4 members (excludes halogenated alkanes) is 3. The second-order valence-electron chi connectivity index (χ2n) is 2.76. The quantitative estimate of drug-likeness (QED) is 0.245. The number of hydrogen-bond donors (Lipinski definition) is 0. The van der Waals surface area contributed by atoms with Crippen LogP contribution in [0.3, 0.4) is 0 Å². The van der Waals surface area contributed by atoms with Crippen LogP contribution in [-0.4, -0.2) is 6.29 Å². The van der Waals surface area contributed by atoms with Gasteiger partial charge in [-0.2, -0.15) is 0 Å². The Hall–Kier alpha value is -0.850. The van der Waals surface area contributed by atoms with E-state index in [1.807, 2.05) is 6.08 Å². The molecule has 1 heteroatoms. The van der Waals surface area contributed by atoms with E-state index in [9.17, 15) is 4.79 Å². The first kappa shape index (κ1) is 11.2. The lowest BCUT2D eigenvalue weighted by Gasteiger charge is -1.89. The summed E-state index contributed by atoms with van der Waals surface area (Å²) in [6.07, 6.45) is 14.4. The first-order valence-corrected chi connectivity index (χ1v) is 4.67. The number of hydrogen-bond acceptors (Lipinski definition) is 1. The number of aldehydes is 1. The van der Waals surface area contributed by atoms with Crippen LogP contribution in [0.4, 0.5) is 0 Å². The molecule has 0 bridgehead atoms. The van der Waals surface area contributed by atoms with Gasteiger partial charge >= 0.3 is 0 Å². The molecule has 12 heavy (non-hydrogen) atoms. The van der Waals surface area contributed by atoms with Crippen molar-refractivity contribution in [2.45, 2.75) is 39.0 Å². The normalized spacial score (nSPS) is 11.4. The van der Waals surface area contributed by atoms with Crippen molar-refractivity contribution < 1.29 is 4.79 Å². The molecule has 1 nitrogen and oxygen atoms in total. The van der Waals surface area contributed by atoms with Crippen molar-refractivity contribution in [2.75, 3.05) is 0 Å². The maximum Gasteiger partial charge on any atom is 0.142 e. The third kappa shape index (κ3) is 9.15. The minimum Gasteiger partial charge on any atom is -0.299 e. The molecule has 0 atom stereocenters. The van der Waals surface area contributed by atoms with Gasteiger partial charge < -0.3 is 0 Å². The standard InChI is InChI=1S/C11H18O/c1-2-3-4-5-6-7-8-9-10-11-12/h4-5,9-11H,2-3,6-8H2,1H3/b5-4+,10-9+. The van der Waals surface area contributed by atoms with E-state index in [1.54, 1.807) is 6.08 Å². The summed E-state index contributed by atoms with van der Waals surface area (Å²) in [5, 5.41) is 0. The summed E-state index contributed by atoms with van der Waals surface area (Å²) in [6, 6.07) is 0. The third-order valence-electron chi connectivity index (χ3n) is 1.58. The molecule has 0 radical (unpaired) electrons. The molecule has 0 spiro atoms. The molecule has 0 saturated carbocycles. The van der Waals surface area contributed by atoms with Crippen LogP contribution >= 0.6 is 0 Å². The van der Waals surface area contributed by atoms with Crippen LogP contribution < -0.4 is 0 Å². The summed E-state index contributed by atoms with van der Waals surface area (Å²) in [5.41, 5.74) is 0. The van der Waals surface area contributed by atoms with Gasteiger partial charge in [-0.05, 0) is 31.8 Å². The highest BCUT2D eigenvalue weighted by Gasteiger charge is 1.79. The number of rotatable bonds is 7. The molecular weight excluding hydrogens is 148 g/mol. The Kier molecular flexibility index (Phi) is 9.43. The average molecular weight is 166 g/mol. The number of carbonyl (C=O) groups excluding carboxylic acids is 1. The van der Waals surface area contributed by atoms with Gasteiger partial charge in [0.25, 0.3) is 0 Å². The highest BCUT2D eigenvalue weighted by Crippen LogP contribution is 1.99. The van der Waals surface area contributed by atoms with Gasteiger partial charge in [-0.1, -0.05) is 31.6 Å². The van der Waals surface area contributed by atoms with Gasteiger partial charge in [0.2, 0.25) is 0 Å². The SMILES string of the molecule is CCC/C=C/CCC/C=C/C=O. The van der Waals surface area contributed by atoms with Gasteiger partial charge in [-0.25, -0.2) is 0 Å². The molecule has 0 heterocycles.